The van der Waals surface area contributed by atoms with E-state index in [-0.39, 0.29) is 0 Å². The van der Waals surface area contributed by atoms with Crippen LogP contribution in [0.3, 0.4) is 0 Å². The van der Waals surface area contributed by atoms with Crippen LogP contribution in [0.5, 0.6) is 0 Å². The molecule has 0 bridgehead atoms. The van der Waals surface area contributed by atoms with E-state index in [1.165, 1.54) is 12.0 Å². The van der Waals surface area contributed by atoms with E-state index in [2.05, 4.69) is 55.8 Å². The fraction of sp³-hybridized carbons (Fsp3) is 0.562. The molecule has 4 nitrogen and oxygen atoms in total. The first-order valence-corrected chi connectivity index (χ1v) is 8.34. The Balaban J connectivity index is 1.70. The zero-order valence-electron chi connectivity index (χ0n) is 12.7. The second-order valence-electron chi connectivity index (χ2n) is 5.19. The zero-order valence-corrected chi connectivity index (χ0v) is 14.3. The average molecular weight is 354 g/mol. The van der Waals surface area contributed by atoms with Crippen LogP contribution in [0.1, 0.15) is 31.2 Å². The van der Waals surface area contributed by atoms with E-state index in [4.69, 9.17) is 4.74 Å². The highest BCUT2D eigenvalue weighted by molar-refractivity contribution is 9.10. The van der Waals surface area contributed by atoms with Gasteiger partial charge in [-0.1, -0.05) is 28.1 Å². The first-order valence-electron chi connectivity index (χ1n) is 7.55. The predicted octanol–water partition coefficient (Wildman–Crippen LogP) is 2.90. The third kappa shape index (κ3) is 5.32. The van der Waals surface area contributed by atoms with Crippen LogP contribution < -0.4 is 10.6 Å². The molecule has 0 radical (unpaired) electrons. The topological polar surface area (TPSA) is 45.6 Å². The van der Waals surface area contributed by atoms with Gasteiger partial charge in [-0.3, -0.25) is 4.99 Å². The van der Waals surface area contributed by atoms with Gasteiger partial charge in [-0.15, -0.1) is 0 Å². The number of nitrogens with zero attached hydrogens (tertiary/aromatic N) is 1. The summed E-state index contributed by atoms with van der Waals surface area (Å²) in [6.07, 6.45) is 2.16. The summed E-state index contributed by atoms with van der Waals surface area (Å²) in [7, 11) is 1.81. The molecule has 21 heavy (non-hydrogen) atoms. The van der Waals surface area contributed by atoms with Gasteiger partial charge in [0.15, 0.2) is 5.96 Å². The van der Waals surface area contributed by atoms with Crippen molar-refractivity contribution in [3.05, 3.63) is 34.3 Å². The van der Waals surface area contributed by atoms with Gasteiger partial charge in [-0.05, 0) is 37.5 Å². The first-order chi connectivity index (χ1) is 10.2. The van der Waals surface area contributed by atoms with Crippen molar-refractivity contribution < 1.29 is 4.74 Å². The minimum atomic E-state index is 0.490. The zero-order chi connectivity index (χ0) is 15.1. The number of rotatable bonds is 7. The molecule has 0 saturated heterocycles. The summed E-state index contributed by atoms with van der Waals surface area (Å²) in [6.45, 7) is 4.48. The SMILES string of the molecule is CCOCCCNC(=NC)NC1CC1c1ccc(Br)cc1. The Kier molecular flexibility index (Phi) is 6.51. The molecule has 0 spiro atoms. The van der Waals surface area contributed by atoms with Gasteiger partial charge in [0.25, 0.3) is 0 Å². The molecule has 0 aromatic heterocycles. The number of nitrogens with one attached hydrogen (secondary N) is 2. The average Bonchev–Trinajstić information content (AvgIpc) is 3.26. The molecule has 1 aliphatic carbocycles. The number of hydrogen-bond acceptors (Lipinski definition) is 2. The van der Waals surface area contributed by atoms with Gasteiger partial charge >= 0.3 is 0 Å². The van der Waals surface area contributed by atoms with Gasteiger partial charge in [0.05, 0.1) is 0 Å². The minimum absolute atomic E-state index is 0.490. The Morgan fingerprint density at radius 2 is 2.14 bits per heavy atom. The molecule has 5 heteroatoms. The highest BCUT2D eigenvalue weighted by Crippen LogP contribution is 2.40. The Hall–Kier alpha value is -1.07. The summed E-state index contributed by atoms with van der Waals surface area (Å²) in [6, 6.07) is 9.07. The molecule has 2 rings (SSSR count). The molecular weight excluding hydrogens is 330 g/mol. The van der Waals surface area contributed by atoms with Gasteiger partial charge in [-0.25, -0.2) is 0 Å². The van der Waals surface area contributed by atoms with E-state index in [9.17, 15) is 0 Å². The summed E-state index contributed by atoms with van der Waals surface area (Å²) < 4.78 is 6.45. The van der Waals surface area contributed by atoms with Gasteiger partial charge in [-0.2, -0.15) is 0 Å². The summed E-state index contributed by atoms with van der Waals surface area (Å²) in [5.74, 6) is 1.48. The number of aliphatic imine (C=N–C) groups is 1. The number of halogens is 1. The summed E-state index contributed by atoms with van der Waals surface area (Å²) >= 11 is 3.47. The second kappa shape index (κ2) is 8.39. The fourth-order valence-corrected chi connectivity index (χ4v) is 2.59. The van der Waals surface area contributed by atoms with Crippen LogP contribution in [0.25, 0.3) is 0 Å². The van der Waals surface area contributed by atoms with Gasteiger partial charge in [0, 0.05) is 43.2 Å². The molecule has 0 amide bonds. The summed E-state index contributed by atoms with van der Waals surface area (Å²) in [5, 5.41) is 6.81. The Morgan fingerprint density at radius 1 is 1.38 bits per heavy atom. The molecule has 0 heterocycles. The normalized spacial score (nSPS) is 21.2. The smallest absolute Gasteiger partial charge is 0.191 e. The molecule has 1 fully saturated rings. The maximum absolute atomic E-state index is 5.32. The molecule has 2 N–H and O–H groups in total. The Morgan fingerprint density at radius 3 is 2.81 bits per heavy atom. The van der Waals surface area contributed by atoms with E-state index in [1.54, 1.807) is 0 Å². The molecule has 2 unspecified atom stereocenters. The lowest BCUT2D eigenvalue weighted by Crippen LogP contribution is -2.39. The van der Waals surface area contributed by atoms with E-state index in [1.807, 2.05) is 14.0 Å². The first kappa shape index (κ1) is 16.3. The van der Waals surface area contributed by atoms with Crippen molar-refractivity contribution in [3.8, 4) is 0 Å². The number of hydrogen-bond donors (Lipinski definition) is 2. The third-order valence-corrected chi connectivity index (χ3v) is 4.13. The van der Waals surface area contributed by atoms with Crippen molar-refractivity contribution in [2.24, 2.45) is 4.99 Å². The van der Waals surface area contributed by atoms with E-state index in [0.717, 1.165) is 36.6 Å². The van der Waals surface area contributed by atoms with Crippen LogP contribution in [-0.4, -0.2) is 38.8 Å². The predicted molar refractivity (Wildman–Crippen MR) is 90.9 cm³/mol. The van der Waals surface area contributed by atoms with Crippen LogP contribution in [0.15, 0.2) is 33.7 Å². The quantitative estimate of drug-likeness (QED) is 0.450. The van der Waals surface area contributed by atoms with Gasteiger partial charge < -0.3 is 15.4 Å². The lowest BCUT2D eigenvalue weighted by Gasteiger charge is -2.12. The van der Waals surface area contributed by atoms with Gasteiger partial charge in [0.2, 0.25) is 0 Å². The van der Waals surface area contributed by atoms with E-state index >= 15 is 0 Å². The summed E-state index contributed by atoms with van der Waals surface area (Å²) in [5.41, 5.74) is 1.39. The van der Waals surface area contributed by atoms with Crippen molar-refractivity contribution in [2.45, 2.75) is 31.7 Å². The molecular formula is C16H24BrN3O. The van der Waals surface area contributed by atoms with Crippen LogP contribution in [0.4, 0.5) is 0 Å². The van der Waals surface area contributed by atoms with Crippen LogP contribution in [-0.2, 0) is 4.74 Å². The standard InChI is InChI=1S/C16H24BrN3O/c1-3-21-10-4-9-19-16(18-2)20-15-11-14(15)12-5-7-13(17)8-6-12/h5-8,14-15H,3-4,9-11H2,1-2H3,(H2,18,19,20). The maximum atomic E-state index is 5.32. The lowest BCUT2D eigenvalue weighted by atomic mass is 10.1. The van der Waals surface area contributed by atoms with E-state index < -0.39 is 0 Å². The van der Waals surface area contributed by atoms with Crippen LogP contribution >= 0.6 is 15.9 Å². The number of benzene rings is 1. The lowest BCUT2D eigenvalue weighted by molar-refractivity contribution is 0.145. The third-order valence-electron chi connectivity index (χ3n) is 3.60. The highest BCUT2D eigenvalue weighted by Gasteiger charge is 2.38. The Labute approximate surface area is 135 Å². The van der Waals surface area contributed by atoms with Crippen LogP contribution in [0, 0.1) is 0 Å². The number of ether oxygens (including phenoxy) is 1. The molecule has 1 aliphatic rings. The van der Waals surface area contributed by atoms with Crippen molar-refractivity contribution in [2.75, 3.05) is 26.8 Å². The van der Waals surface area contributed by atoms with Gasteiger partial charge in [0.1, 0.15) is 0 Å². The largest absolute Gasteiger partial charge is 0.382 e. The molecule has 116 valence electrons. The van der Waals surface area contributed by atoms with Crippen molar-refractivity contribution in [1.29, 1.82) is 0 Å². The molecule has 1 aromatic rings. The van der Waals surface area contributed by atoms with Crippen molar-refractivity contribution in [1.82, 2.24) is 10.6 Å². The Bertz CT molecular complexity index is 461. The molecule has 2 atom stereocenters. The fourth-order valence-electron chi connectivity index (χ4n) is 2.33. The van der Waals surface area contributed by atoms with Crippen molar-refractivity contribution >= 4 is 21.9 Å². The summed E-state index contributed by atoms with van der Waals surface area (Å²) in [4.78, 5) is 4.27. The van der Waals surface area contributed by atoms with E-state index in [0.29, 0.717) is 12.0 Å². The molecule has 0 aliphatic heterocycles. The number of guanidine groups is 1. The molecule has 1 saturated carbocycles. The second-order valence-corrected chi connectivity index (χ2v) is 6.11. The minimum Gasteiger partial charge on any atom is -0.382 e. The molecule has 1 aromatic carbocycles. The monoisotopic (exact) mass is 353 g/mol. The van der Waals surface area contributed by atoms with Crippen LogP contribution in [0.2, 0.25) is 0 Å². The highest BCUT2D eigenvalue weighted by atomic mass is 79.9. The maximum Gasteiger partial charge on any atom is 0.191 e. The van der Waals surface area contributed by atoms with Crippen molar-refractivity contribution in [3.63, 3.8) is 0 Å².